The minimum absolute atomic E-state index is 0.00240. The van der Waals surface area contributed by atoms with E-state index in [4.69, 9.17) is 38.5 Å². The normalized spacial score (nSPS) is 13.8. The first-order chi connectivity index (χ1) is 35.8. The predicted octanol–water partition coefficient (Wildman–Crippen LogP) is 10.2. The molecule has 73 heavy (non-hydrogen) atoms. The number of nitrogens with one attached hydrogen (secondary N) is 2. The number of halogens is 2. The van der Waals surface area contributed by atoms with E-state index in [0.717, 1.165) is 66.5 Å². The van der Waals surface area contributed by atoms with E-state index in [2.05, 4.69) is 39.3 Å². The molecule has 382 valence electrons. The smallest absolute Gasteiger partial charge is 0.487 e. The number of ether oxygens (including phenoxy) is 6. The number of benzene rings is 3. The van der Waals surface area contributed by atoms with Gasteiger partial charge in [-0.15, -0.1) is 5.10 Å². The van der Waals surface area contributed by atoms with Crippen LogP contribution in [0, 0.1) is 6.92 Å². The number of allylic oxidation sites excluding steroid dienone is 3. The number of para-hydroxylation sites is 2. The number of fused-ring (bicyclic) bond motifs is 2. The van der Waals surface area contributed by atoms with Crippen molar-refractivity contribution in [3.8, 4) is 5.75 Å². The summed E-state index contributed by atoms with van der Waals surface area (Å²) >= 11 is 0. The molecule has 7 aromatic rings. The van der Waals surface area contributed by atoms with Gasteiger partial charge in [-0.3, -0.25) is 8.63 Å². The molecule has 0 radical (unpaired) electrons. The first kappa shape index (κ1) is 52.6. The summed E-state index contributed by atoms with van der Waals surface area (Å²) in [6, 6.07) is 23.7. The van der Waals surface area contributed by atoms with Crippen LogP contribution < -0.4 is 4.74 Å². The molecule has 0 amide bonds. The fourth-order valence-corrected chi connectivity index (χ4v) is 9.13. The lowest BCUT2D eigenvalue weighted by atomic mass is 9.92. The van der Waals surface area contributed by atoms with Crippen LogP contribution in [-0.2, 0) is 43.3 Å². The summed E-state index contributed by atoms with van der Waals surface area (Å²) in [5.41, 5.74) is 11.9. The molecule has 0 unspecified atom stereocenters. The zero-order valence-corrected chi connectivity index (χ0v) is 42.0. The monoisotopic (exact) mass is 995 g/mol. The van der Waals surface area contributed by atoms with Gasteiger partial charge < -0.3 is 48.0 Å². The summed E-state index contributed by atoms with van der Waals surface area (Å²) in [5.74, 6) is 0.585. The molecule has 0 bridgehead atoms. The minimum atomic E-state index is -2.85. The maximum atomic E-state index is 16.0. The lowest BCUT2D eigenvalue weighted by Crippen LogP contribution is -2.18. The number of hydrogen-bond donors (Lipinski definition) is 3. The van der Waals surface area contributed by atoms with E-state index in [1.165, 1.54) is 4.48 Å². The summed E-state index contributed by atoms with van der Waals surface area (Å²) in [5, 5.41) is 19.3. The van der Waals surface area contributed by atoms with Crippen LogP contribution in [0.5, 0.6) is 5.75 Å². The number of aromatic nitrogens is 6. The molecular formula is C56H64BF2N7O7. The summed E-state index contributed by atoms with van der Waals surface area (Å²) < 4.78 is 68.3. The molecule has 1 aliphatic heterocycles. The molecule has 5 heterocycles. The molecule has 0 saturated heterocycles. The van der Waals surface area contributed by atoms with E-state index in [1.807, 2.05) is 124 Å². The number of hydrogen-bond acceptors (Lipinski definition) is 10. The third kappa shape index (κ3) is 13.1. The average molecular weight is 996 g/mol. The van der Waals surface area contributed by atoms with E-state index in [1.54, 1.807) is 4.68 Å². The maximum Gasteiger partial charge on any atom is 0.678 e. The van der Waals surface area contributed by atoms with Crippen molar-refractivity contribution in [2.45, 2.75) is 53.7 Å². The number of aliphatic imine (C=N–C) groups is 1. The number of rotatable bonds is 29. The molecule has 0 fully saturated rings. The summed E-state index contributed by atoms with van der Waals surface area (Å²) in [4.78, 5) is 12.0. The van der Waals surface area contributed by atoms with E-state index in [0.29, 0.717) is 120 Å². The van der Waals surface area contributed by atoms with Crippen molar-refractivity contribution >= 4 is 58.7 Å². The third-order valence-corrected chi connectivity index (χ3v) is 12.7. The zero-order chi connectivity index (χ0) is 50.9. The Labute approximate surface area is 425 Å². The predicted molar refractivity (Wildman–Crippen MR) is 285 cm³/mol. The van der Waals surface area contributed by atoms with Gasteiger partial charge in [0, 0.05) is 51.2 Å². The molecule has 3 N–H and O–H groups in total. The number of aliphatic hydroxyl groups excluding tert-OH is 1. The van der Waals surface area contributed by atoms with Gasteiger partial charge >= 0.3 is 7.40 Å². The highest BCUT2D eigenvalue weighted by Gasteiger charge is 2.33. The fourth-order valence-electron chi connectivity index (χ4n) is 9.13. The van der Waals surface area contributed by atoms with Gasteiger partial charge in [-0.25, -0.2) is 9.67 Å². The van der Waals surface area contributed by atoms with Crippen molar-refractivity contribution < 1.29 is 42.2 Å². The lowest BCUT2D eigenvalue weighted by Gasteiger charge is -2.17. The van der Waals surface area contributed by atoms with Crippen molar-refractivity contribution in [1.29, 1.82) is 0 Å². The SMILES string of the molecule is CCC1=C(C)/C(=C(\c2ccc(OCc3cn(CCOCCOCCOCCOCCOCCO)nn3)cc2)c2c(C)c(CC)c(/C=C/c3c[nH]c4ccccc34)n2B(F)F)N=C1/C=C/c1c[nH]c2ccccc12. The van der Waals surface area contributed by atoms with Gasteiger partial charge in [-0.05, 0) is 102 Å². The fraction of sp³-hybridized carbons (Fsp3) is 0.339. The van der Waals surface area contributed by atoms with Crippen LogP contribution >= 0.6 is 0 Å². The number of aliphatic hydroxyl groups is 1. The van der Waals surface area contributed by atoms with Gasteiger partial charge in [0.2, 0.25) is 0 Å². The van der Waals surface area contributed by atoms with Crippen LogP contribution in [0.25, 0.3) is 45.6 Å². The Balaban J connectivity index is 0.977. The first-order valence-corrected chi connectivity index (χ1v) is 24.9. The van der Waals surface area contributed by atoms with Gasteiger partial charge in [0.15, 0.2) is 0 Å². The molecule has 0 saturated carbocycles. The molecule has 8 rings (SSSR count). The highest BCUT2D eigenvalue weighted by Crippen LogP contribution is 2.42. The second kappa shape index (κ2) is 26.3. The Morgan fingerprint density at radius 2 is 1.27 bits per heavy atom. The molecule has 1 aliphatic rings. The van der Waals surface area contributed by atoms with Crippen LogP contribution in [0.1, 0.15) is 72.1 Å². The minimum Gasteiger partial charge on any atom is -0.487 e. The van der Waals surface area contributed by atoms with Crippen LogP contribution in [0.3, 0.4) is 0 Å². The Morgan fingerprint density at radius 1 is 0.699 bits per heavy atom. The second-order valence-corrected chi connectivity index (χ2v) is 17.3. The summed E-state index contributed by atoms with van der Waals surface area (Å²) in [6.07, 6.45) is 14.8. The van der Waals surface area contributed by atoms with Crippen molar-refractivity contribution in [2.24, 2.45) is 4.99 Å². The van der Waals surface area contributed by atoms with Gasteiger partial charge in [-0.1, -0.05) is 79.7 Å². The Bertz CT molecular complexity index is 3070. The number of nitrogens with zero attached hydrogens (tertiary/aromatic N) is 5. The Kier molecular flexibility index (Phi) is 18.9. The second-order valence-electron chi connectivity index (χ2n) is 17.3. The summed E-state index contributed by atoms with van der Waals surface area (Å²) in [6.45, 7) is 13.1. The largest absolute Gasteiger partial charge is 0.678 e. The van der Waals surface area contributed by atoms with Crippen LogP contribution in [0.15, 0.2) is 119 Å². The van der Waals surface area contributed by atoms with E-state index in [9.17, 15) is 0 Å². The molecule has 0 aliphatic carbocycles. The molecule has 4 aromatic heterocycles. The zero-order valence-electron chi connectivity index (χ0n) is 42.0. The van der Waals surface area contributed by atoms with Gasteiger partial charge in [0.05, 0.1) is 96.8 Å². The highest BCUT2D eigenvalue weighted by molar-refractivity contribution is 6.42. The van der Waals surface area contributed by atoms with Crippen molar-refractivity contribution in [3.05, 3.63) is 159 Å². The van der Waals surface area contributed by atoms with Crippen LogP contribution in [0.2, 0.25) is 0 Å². The lowest BCUT2D eigenvalue weighted by molar-refractivity contribution is -0.0137. The number of H-pyrrole nitrogens is 2. The molecule has 14 nitrogen and oxygen atoms in total. The van der Waals surface area contributed by atoms with Gasteiger partial charge in [0.1, 0.15) is 18.1 Å². The highest BCUT2D eigenvalue weighted by atomic mass is 19.2. The van der Waals surface area contributed by atoms with E-state index < -0.39 is 7.40 Å². The van der Waals surface area contributed by atoms with Crippen molar-refractivity contribution in [2.75, 3.05) is 72.7 Å². The van der Waals surface area contributed by atoms with Crippen LogP contribution in [0.4, 0.5) is 8.63 Å². The standard InChI is InChI=1S/C56H64BF2N7O7/c1-5-46-39(3)55(62-52(46)21-17-42-35-60-50-13-9-7-11-48(42)50)54(56-40(4)47(6-2)53(66(56)57(58)59)22-18-43-36-61-51-14-10-8-12-49(43)51)41-15-19-45(20-16-41)73-38-44-37-65(64-63-44)23-25-68-27-29-70-31-33-72-34-32-71-30-28-69-26-24-67/h7-22,35-37,60-61,67H,5-6,23-34,38H2,1-4H3/b21-17+,22-18+,55-54-. The van der Waals surface area contributed by atoms with Gasteiger partial charge in [-0.2, -0.15) is 0 Å². The Hall–Kier alpha value is -6.73. The van der Waals surface area contributed by atoms with Gasteiger partial charge in [0.25, 0.3) is 0 Å². The first-order valence-electron chi connectivity index (χ1n) is 24.9. The molecule has 3 aromatic carbocycles. The van der Waals surface area contributed by atoms with Crippen LogP contribution in [-0.4, -0.2) is 120 Å². The summed E-state index contributed by atoms with van der Waals surface area (Å²) in [7, 11) is -2.85. The number of aromatic amines is 2. The third-order valence-electron chi connectivity index (χ3n) is 12.7. The molecule has 17 heteroatoms. The topological polar surface area (TPSA) is 155 Å². The average Bonchev–Trinajstić information content (AvgIpc) is 4.25. The maximum absolute atomic E-state index is 16.0. The van der Waals surface area contributed by atoms with E-state index in [-0.39, 0.29) is 13.2 Å². The Morgan fingerprint density at radius 3 is 1.85 bits per heavy atom. The van der Waals surface area contributed by atoms with Crippen molar-refractivity contribution in [3.63, 3.8) is 0 Å². The van der Waals surface area contributed by atoms with Crippen molar-refractivity contribution in [1.82, 2.24) is 29.4 Å². The molecule has 0 spiro atoms. The van der Waals surface area contributed by atoms with E-state index >= 15 is 8.63 Å². The molecule has 0 atom stereocenters. The quantitative estimate of drug-likeness (QED) is 0.0307. The molecular weight excluding hydrogens is 931 g/mol.